The van der Waals surface area contributed by atoms with Crippen LogP contribution in [0, 0.1) is 0 Å². The standard InChI is InChI=1S/C15H18N4O2/c1-11-7-18(8-12(2)21-11)15(20)13-3-5-14(6-4-13)19-10-16-9-17-19/h3-6,9-12H,7-8H2,1-2H3. The Labute approximate surface area is 123 Å². The lowest BCUT2D eigenvalue weighted by Gasteiger charge is -2.35. The van der Waals surface area contributed by atoms with E-state index in [1.807, 2.05) is 43.0 Å². The molecule has 1 fully saturated rings. The van der Waals surface area contributed by atoms with Crippen molar-refractivity contribution in [2.75, 3.05) is 13.1 Å². The molecule has 0 aliphatic carbocycles. The van der Waals surface area contributed by atoms with Crippen molar-refractivity contribution in [3.63, 3.8) is 0 Å². The molecule has 1 aliphatic rings. The van der Waals surface area contributed by atoms with E-state index in [0.717, 1.165) is 5.69 Å². The third-order valence-electron chi connectivity index (χ3n) is 3.50. The van der Waals surface area contributed by atoms with Crippen molar-refractivity contribution in [2.45, 2.75) is 26.1 Å². The molecular formula is C15H18N4O2. The SMILES string of the molecule is CC1CN(C(=O)c2ccc(-n3cncn3)cc2)CC(C)O1. The highest BCUT2D eigenvalue weighted by molar-refractivity contribution is 5.94. The van der Waals surface area contributed by atoms with Crippen LogP contribution in [0.3, 0.4) is 0 Å². The van der Waals surface area contributed by atoms with E-state index in [1.165, 1.54) is 6.33 Å². The molecule has 1 aromatic heterocycles. The summed E-state index contributed by atoms with van der Waals surface area (Å²) in [5.74, 6) is 0.0436. The van der Waals surface area contributed by atoms with Crippen molar-refractivity contribution in [3.8, 4) is 5.69 Å². The number of ether oxygens (including phenoxy) is 1. The summed E-state index contributed by atoms with van der Waals surface area (Å²) < 4.78 is 7.32. The molecule has 1 aromatic carbocycles. The average Bonchev–Trinajstić information content (AvgIpc) is 3.00. The monoisotopic (exact) mass is 286 g/mol. The van der Waals surface area contributed by atoms with Gasteiger partial charge in [0.25, 0.3) is 5.91 Å². The molecule has 3 rings (SSSR count). The van der Waals surface area contributed by atoms with Gasteiger partial charge in [-0.2, -0.15) is 5.10 Å². The number of amides is 1. The predicted octanol–water partition coefficient (Wildman–Crippen LogP) is 1.52. The Kier molecular flexibility index (Phi) is 3.70. The van der Waals surface area contributed by atoms with E-state index in [9.17, 15) is 4.79 Å². The maximum absolute atomic E-state index is 12.5. The molecule has 2 atom stereocenters. The fourth-order valence-corrected chi connectivity index (χ4v) is 2.62. The van der Waals surface area contributed by atoms with Crippen LogP contribution in [0.5, 0.6) is 0 Å². The minimum atomic E-state index is 0.0436. The van der Waals surface area contributed by atoms with Crippen molar-refractivity contribution in [2.24, 2.45) is 0 Å². The van der Waals surface area contributed by atoms with Crippen LogP contribution >= 0.6 is 0 Å². The molecule has 2 heterocycles. The summed E-state index contributed by atoms with van der Waals surface area (Å²) in [5.41, 5.74) is 1.56. The van der Waals surface area contributed by atoms with Gasteiger partial charge in [-0.25, -0.2) is 9.67 Å². The first kappa shape index (κ1) is 13.8. The molecule has 0 saturated carbocycles. The Morgan fingerprint density at radius 3 is 2.43 bits per heavy atom. The second-order valence-electron chi connectivity index (χ2n) is 5.35. The molecule has 6 nitrogen and oxygen atoms in total. The molecule has 1 amide bonds. The van der Waals surface area contributed by atoms with Crippen LogP contribution < -0.4 is 0 Å². The van der Waals surface area contributed by atoms with Gasteiger partial charge in [-0.1, -0.05) is 0 Å². The normalized spacial score (nSPS) is 22.3. The number of benzene rings is 1. The first-order chi connectivity index (χ1) is 10.1. The van der Waals surface area contributed by atoms with Gasteiger partial charge in [0.05, 0.1) is 17.9 Å². The quantitative estimate of drug-likeness (QED) is 0.839. The number of hydrogen-bond acceptors (Lipinski definition) is 4. The summed E-state index contributed by atoms with van der Waals surface area (Å²) in [7, 11) is 0. The third-order valence-corrected chi connectivity index (χ3v) is 3.50. The van der Waals surface area contributed by atoms with E-state index in [2.05, 4.69) is 10.1 Å². The van der Waals surface area contributed by atoms with E-state index in [1.54, 1.807) is 11.0 Å². The van der Waals surface area contributed by atoms with Gasteiger partial charge in [0, 0.05) is 18.7 Å². The zero-order valence-electron chi connectivity index (χ0n) is 12.1. The number of morpholine rings is 1. The lowest BCUT2D eigenvalue weighted by atomic mass is 10.1. The smallest absolute Gasteiger partial charge is 0.254 e. The number of aromatic nitrogens is 3. The van der Waals surface area contributed by atoms with Crippen molar-refractivity contribution in [3.05, 3.63) is 42.5 Å². The van der Waals surface area contributed by atoms with E-state index in [4.69, 9.17) is 4.74 Å². The van der Waals surface area contributed by atoms with Crippen LogP contribution in [-0.2, 0) is 4.74 Å². The van der Waals surface area contributed by atoms with Crippen molar-refractivity contribution >= 4 is 5.91 Å². The van der Waals surface area contributed by atoms with Gasteiger partial charge in [-0.15, -0.1) is 0 Å². The second kappa shape index (κ2) is 5.65. The molecule has 0 radical (unpaired) electrons. The number of carbonyl (C=O) groups excluding carboxylic acids is 1. The van der Waals surface area contributed by atoms with Gasteiger partial charge in [0.2, 0.25) is 0 Å². The second-order valence-corrected chi connectivity index (χ2v) is 5.35. The fraction of sp³-hybridized carbons (Fsp3) is 0.400. The van der Waals surface area contributed by atoms with Gasteiger partial charge < -0.3 is 9.64 Å². The molecule has 6 heteroatoms. The molecule has 2 aromatic rings. The fourth-order valence-electron chi connectivity index (χ4n) is 2.62. The van der Waals surface area contributed by atoms with E-state index in [-0.39, 0.29) is 18.1 Å². The van der Waals surface area contributed by atoms with Crippen molar-refractivity contribution < 1.29 is 9.53 Å². The number of carbonyl (C=O) groups is 1. The van der Waals surface area contributed by atoms with Gasteiger partial charge in [0.15, 0.2) is 0 Å². The topological polar surface area (TPSA) is 60.2 Å². The van der Waals surface area contributed by atoms with Crippen LogP contribution in [0.4, 0.5) is 0 Å². The molecule has 0 bridgehead atoms. The Balaban J connectivity index is 1.76. The Morgan fingerprint density at radius 2 is 1.86 bits per heavy atom. The first-order valence-corrected chi connectivity index (χ1v) is 7.03. The van der Waals surface area contributed by atoms with Crippen LogP contribution in [0.2, 0.25) is 0 Å². The highest BCUT2D eigenvalue weighted by atomic mass is 16.5. The van der Waals surface area contributed by atoms with Crippen LogP contribution in [0.25, 0.3) is 5.69 Å². The molecule has 1 saturated heterocycles. The van der Waals surface area contributed by atoms with Gasteiger partial charge in [-0.3, -0.25) is 4.79 Å². The Morgan fingerprint density at radius 1 is 1.19 bits per heavy atom. The molecule has 0 spiro atoms. The average molecular weight is 286 g/mol. The van der Waals surface area contributed by atoms with Crippen LogP contribution in [-0.4, -0.2) is 50.9 Å². The summed E-state index contributed by atoms with van der Waals surface area (Å²) >= 11 is 0. The summed E-state index contributed by atoms with van der Waals surface area (Å²) in [4.78, 5) is 18.3. The predicted molar refractivity (Wildman–Crippen MR) is 77.3 cm³/mol. The lowest BCUT2D eigenvalue weighted by Crippen LogP contribution is -2.48. The maximum Gasteiger partial charge on any atom is 0.254 e. The summed E-state index contributed by atoms with van der Waals surface area (Å²) in [6, 6.07) is 7.39. The third kappa shape index (κ3) is 2.95. The van der Waals surface area contributed by atoms with E-state index in [0.29, 0.717) is 18.7 Å². The van der Waals surface area contributed by atoms with E-state index < -0.39 is 0 Å². The molecular weight excluding hydrogens is 268 g/mol. The zero-order chi connectivity index (χ0) is 14.8. The highest BCUT2D eigenvalue weighted by Crippen LogP contribution is 2.15. The summed E-state index contributed by atoms with van der Waals surface area (Å²) in [6.45, 7) is 5.25. The molecule has 110 valence electrons. The molecule has 1 aliphatic heterocycles. The highest BCUT2D eigenvalue weighted by Gasteiger charge is 2.26. The minimum Gasteiger partial charge on any atom is -0.372 e. The maximum atomic E-state index is 12.5. The Hall–Kier alpha value is -2.21. The van der Waals surface area contributed by atoms with Gasteiger partial charge in [-0.05, 0) is 38.1 Å². The zero-order valence-corrected chi connectivity index (χ0v) is 12.1. The number of rotatable bonds is 2. The molecule has 2 unspecified atom stereocenters. The number of hydrogen-bond donors (Lipinski definition) is 0. The first-order valence-electron chi connectivity index (χ1n) is 7.03. The van der Waals surface area contributed by atoms with E-state index >= 15 is 0 Å². The lowest BCUT2D eigenvalue weighted by molar-refractivity contribution is -0.0586. The van der Waals surface area contributed by atoms with Crippen molar-refractivity contribution in [1.82, 2.24) is 19.7 Å². The van der Waals surface area contributed by atoms with Gasteiger partial charge in [0.1, 0.15) is 12.7 Å². The summed E-state index contributed by atoms with van der Waals surface area (Å²) in [5, 5.41) is 4.06. The van der Waals surface area contributed by atoms with Crippen LogP contribution in [0.1, 0.15) is 24.2 Å². The van der Waals surface area contributed by atoms with Gasteiger partial charge >= 0.3 is 0 Å². The summed E-state index contributed by atoms with van der Waals surface area (Å²) in [6.07, 6.45) is 3.26. The van der Waals surface area contributed by atoms with Crippen molar-refractivity contribution in [1.29, 1.82) is 0 Å². The van der Waals surface area contributed by atoms with Crippen LogP contribution in [0.15, 0.2) is 36.9 Å². The minimum absolute atomic E-state index is 0.0436. The molecule has 0 N–H and O–H groups in total. The molecule has 21 heavy (non-hydrogen) atoms. The number of nitrogens with zero attached hydrogens (tertiary/aromatic N) is 4. The largest absolute Gasteiger partial charge is 0.372 e. The Bertz CT molecular complexity index is 599.